The fourth-order valence-electron chi connectivity index (χ4n) is 2.47. The van der Waals surface area contributed by atoms with Gasteiger partial charge in [0, 0.05) is 19.1 Å². The van der Waals surface area contributed by atoms with Crippen LogP contribution in [0.2, 0.25) is 26.4 Å². The van der Waals surface area contributed by atoms with Gasteiger partial charge in [0.2, 0.25) is 32.4 Å². The second-order valence-corrected chi connectivity index (χ2v) is 8.05. The number of halogens is 5. The lowest BCUT2D eigenvalue weighted by molar-refractivity contribution is 0.0824. The number of anilines is 1. The molecular weight excluding hydrogens is 513 g/mol. The molecule has 172 valence electrons. The van der Waals surface area contributed by atoms with Crippen LogP contribution in [0.3, 0.4) is 0 Å². The predicted molar refractivity (Wildman–Crippen MR) is 121 cm³/mol. The molecule has 2 fully saturated rings. The third-order valence-corrected chi connectivity index (χ3v) is 4.70. The highest BCUT2D eigenvalue weighted by atomic mass is 35.5. The SMILES string of the molecule is C[C@H]1COCCN1.C[C@H]1COCCN1c1nc(Cl)nc(Cl)n1.Clc1nc(Cl)nc(Cl)n1. The Labute approximate surface area is 205 Å². The molecule has 0 saturated carbocycles. The molecule has 15 heteroatoms. The summed E-state index contributed by atoms with van der Waals surface area (Å²) in [4.78, 5) is 24.2. The maximum atomic E-state index is 5.71. The van der Waals surface area contributed by atoms with Gasteiger partial charge in [-0.05, 0) is 71.9 Å². The van der Waals surface area contributed by atoms with Crippen molar-refractivity contribution in [1.82, 2.24) is 35.2 Å². The first-order chi connectivity index (χ1) is 14.7. The standard InChI is InChI=1S/C8H10Cl2N4O.C5H11NO.C3Cl3N3/c1-5-4-15-3-2-14(5)8-12-6(9)11-7(10)13-8;1-5-4-7-3-2-6-5;4-1-7-2(5)9-3(6)8-1/h5H,2-4H2,1H3;5-6H,2-4H2,1H3;/t2*5-;/m00./s1. The molecule has 2 aliphatic rings. The number of hydrogen-bond donors (Lipinski definition) is 1. The zero-order valence-corrected chi connectivity index (χ0v) is 20.5. The average Bonchev–Trinajstić information content (AvgIpc) is 2.68. The van der Waals surface area contributed by atoms with E-state index in [0.717, 1.165) is 26.3 Å². The van der Waals surface area contributed by atoms with E-state index in [4.69, 9.17) is 67.5 Å². The molecule has 2 aromatic heterocycles. The molecule has 1 N–H and O–H groups in total. The highest BCUT2D eigenvalue weighted by Crippen LogP contribution is 2.18. The van der Waals surface area contributed by atoms with Crippen LogP contribution in [0.5, 0.6) is 0 Å². The highest BCUT2D eigenvalue weighted by molar-refractivity contribution is 6.33. The lowest BCUT2D eigenvalue weighted by Crippen LogP contribution is -2.44. The first-order valence-corrected chi connectivity index (χ1v) is 11.1. The van der Waals surface area contributed by atoms with E-state index in [1.165, 1.54) is 0 Å². The number of morpholine rings is 2. The van der Waals surface area contributed by atoms with Gasteiger partial charge in [-0.25, -0.2) is 0 Å². The highest BCUT2D eigenvalue weighted by Gasteiger charge is 2.22. The maximum absolute atomic E-state index is 5.71. The number of nitrogens with zero attached hydrogens (tertiary/aromatic N) is 7. The van der Waals surface area contributed by atoms with E-state index in [9.17, 15) is 0 Å². The molecule has 31 heavy (non-hydrogen) atoms. The van der Waals surface area contributed by atoms with Crippen LogP contribution < -0.4 is 10.2 Å². The Bertz CT molecular complexity index is 760. The number of ether oxygens (including phenoxy) is 2. The minimum absolute atomic E-state index is 0.000000000000000444. The van der Waals surface area contributed by atoms with Gasteiger partial charge in [0.1, 0.15) is 0 Å². The summed E-state index contributed by atoms with van der Waals surface area (Å²) >= 11 is 27.4. The van der Waals surface area contributed by atoms with Crippen molar-refractivity contribution in [1.29, 1.82) is 0 Å². The predicted octanol–water partition coefficient (Wildman–Crippen LogP) is 3.23. The Kier molecular flexibility index (Phi) is 11.6. The van der Waals surface area contributed by atoms with E-state index in [-0.39, 0.29) is 32.5 Å². The molecule has 2 saturated heterocycles. The minimum atomic E-state index is 0.000000000000000444. The topological polar surface area (TPSA) is 111 Å². The van der Waals surface area contributed by atoms with Crippen molar-refractivity contribution in [3.63, 3.8) is 0 Å². The van der Waals surface area contributed by atoms with Crippen molar-refractivity contribution in [3.8, 4) is 0 Å². The molecule has 0 amide bonds. The molecule has 2 aromatic rings. The molecule has 2 aliphatic heterocycles. The van der Waals surface area contributed by atoms with Crippen LogP contribution in [0.4, 0.5) is 5.95 Å². The van der Waals surface area contributed by atoms with Crippen molar-refractivity contribution >= 4 is 64.0 Å². The van der Waals surface area contributed by atoms with Crippen LogP contribution in [-0.4, -0.2) is 81.5 Å². The van der Waals surface area contributed by atoms with Gasteiger partial charge in [-0.2, -0.15) is 29.9 Å². The van der Waals surface area contributed by atoms with Gasteiger partial charge in [0.15, 0.2) is 0 Å². The van der Waals surface area contributed by atoms with Crippen LogP contribution in [0.15, 0.2) is 0 Å². The Morgan fingerprint density at radius 2 is 1.23 bits per heavy atom. The van der Waals surface area contributed by atoms with Crippen LogP contribution >= 0.6 is 58.0 Å². The molecule has 0 aromatic carbocycles. The summed E-state index contributed by atoms with van der Waals surface area (Å²) in [5, 5.41) is 3.49. The molecule has 0 radical (unpaired) electrons. The van der Waals surface area contributed by atoms with E-state index < -0.39 is 0 Å². The Hall–Kier alpha value is -0.850. The summed E-state index contributed by atoms with van der Waals surface area (Å²) in [6, 6.07) is 0.780. The second kappa shape index (κ2) is 13.6. The van der Waals surface area contributed by atoms with E-state index in [1.807, 2.05) is 11.8 Å². The van der Waals surface area contributed by atoms with Crippen LogP contribution in [-0.2, 0) is 9.47 Å². The number of hydrogen-bond acceptors (Lipinski definition) is 10. The van der Waals surface area contributed by atoms with Crippen molar-refractivity contribution in [2.24, 2.45) is 0 Å². The zero-order chi connectivity index (χ0) is 22.8. The van der Waals surface area contributed by atoms with Crippen LogP contribution in [0, 0.1) is 0 Å². The lowest BCUT2D eigenvalue weighted by Gasteiger charge is -2.33. The Morgan fingerprint density at radius 3 is 1.61 bits per heavy atom. The smallest absolute Gasteiger partial charge is 0.231 e. The van der Waals surface area contributed by atoms with E-state index >= 15 is 0 Å². The van der Waals surface area contributed by atoms with Gasteiger partial charge in [0.05, 0.1) is 32.5 Å². The van der Waals surface area contributed by atoms with Crippen molar-refractivity contribution in [3.05, 3.63) is 26.4 Å². The molecule has 10 nitrogen and oxygen atoms in total. The number of nitrogens with one attached hydrogen (secondary N) is 1. The summed E-state index contributed by atoms with van der Waals surface area (Å²) in [5.41, 5.74) is 0. The summed E-state index contributed by atoms with van der Waals surface area (Å²) in [7, 11) is 0. The molecular formula is C16H21Cl5N8O2. The Balaban J connectivity index is 0.000000181. The molecule has 4 rings (SSSR count). The van der Waals surface area contributed by atoms with Gasteiger partial charge in [0.25, 0.3) is 0 Å². The fraction of sp³-hybridized carbons (Fsp3) is 0.625. The lowest BCUT2D eigenvalue weighted by atomic mass is 10.3. The first kappa shape index (κ1) is 26.4. The molecule has 0 unspecified atom stereocenters. The van der Waals surface area contributed by atoms with Gasteiger partial charge >= 0.3 is 0 Å². The van der Waals surface area contributed by atoms with Gasteiger partial charge in [-0.1, -0.05) is 0 Å². The van der Waals surface area contributed by atoms with E-state index in [0.29, 0.717) is 25.2 Å². The fourth-order valence-corrected chi connectivity index (χ4v) is 3.43. The van der Waals surface area contributed by atoms with E-state index in [1.54, 1.807) is 0 Å². The second-order valence-electron chi connectivity index (χ2n) is 6.36. The van der Waals surface area contributed by atoms with Gasteiger partial charge in [-0.15, -0.1) is 0 Å². The summed E-state index contributed by atoms with van der Waals surface area (Å²) < 4.78 is 10.4. The molecule has 0 aliphatic carbocycles. The summed E-state index contributed by atoms with van der Waals surface area (Å²) in [6.07, 6.45) is 0. The zero-order valence-electron chi connectivity index (χ0n) is 16.7. The molecule has 0 spiro atoms. The summed E-state index contributed by atoms with van der Waals surface area (Å²) in [5.74, 6) is 0.510. The normalized spacial score (nSPS) is 20.8. The van der Waals surface area contributed by atoms with Crippen molar-refractivity contribution in [2.45, 2.75) is 25.9 Å². The van der Waals surface area contributed by atoms with Gasteiger partial charge in [-0.3, -0.25) is 0 Å². The molecule has 2 atom stereocenters. The largest absolute Gasteiger partial charge is 0.379 e. The molecule has 0 bridgehead atoms. The monoisotopic (exact) mass is 532 g/mol. The number of rotatable bonds is 1. The van der Waals surface area contributed by atoms with Crippen molar-refractivity contribution in [2.75, 3.05) is 44.4 Å². The average molecular weight is 535 g/mol. The quantitative estimate of drug-likeness (QED) is 0.585. The third kappa shape index (κ3) is 10.1. The van der Waals surface area contributed by atoms with E-state index in [2.05, 4.69) is 42.1 Å². The minimum Gasteiger partial charge on any atom is -0.379 e. The molecule has 4 heterocycles. The number of aromatic nitrogens is 6. The Morgan fingerprint density at radius 1 is 0.742 bits per heavy atom. The summed E-state index contributed by atoms with van der Waals surface area (Å²) in [6.45, 7) is 8.97. The third-order valence-electron chi connectivity index (χ3n) is 3.85. The van der Waals surface area contributed by atoms with Crippen molar-refractivity contribution < 1.29 is 9.47 Å². The van der Waals surface area contributed by atoms with Gasteiger partial charge < -0.3 is 19.7 Å². The maximum Gasteiger partial charge on any atom is 0.231 e. The van der Waals surface area contributed by atoms with Crippen LogP contribution in [0.25, 0.3) is 0 Å². The van der Waals surface area contributed by atoms with Crippen LogP contribution in [0.1, 0.15) is 13.8 Å². The first-order valence-electron chi connectivity index (χ1n) is 9.19.